The average Bonchev–Trinajstić information content (AvgIpc) is 3.35. The van der Waals surface area contributed by atoms with E-state index in [9.17, 15) is 10.1 Å². The van der Waals surface area contributed by atoms with Crippen LogP contribution in [0.2, 0.25) is 0 Å². The standard InChI is InChI=1S/C27H25N7O2/c1-3-25(35)31-23-14-21(9-6-19(23)16-28)36-27-22-15-24(32-26(22)29-17-30-27)18-4-7-20(8-5-18)34-12-10-33(2)11-13-34/h3-9,14-15,17H,1,10-13H2,2H3,(H,31,35)(H,29,30,32). The number of carbonyl (C=O) groups excluding carboxylic acids is 1. The number of ether oxygens (including phenoxy) is 1. The highest BCUT2D eigenvalue weighted by molar-refractivity contribution is 6.00. The molecule has 9 nitrogen and oxygen atoms in total. The van der Waals surface area contributed by atoms with E-state index in [1.165, 1.54) is 12.0 Å². The molecule has 1 aliphatic heterocycles. The molecule has 0 aliphatic carbocycles. The summed E-state index contributed by atoms with van der Waals surface area (Å²) in [5, 5.41) is 12.7. The average molecular weight is 480 g/mol. The Labute approximate surface area is 208 Å². The van der Waals surface area contributed by atoms with Gasteiger partial charge < -0.3 is 24.8 Å². The second-order valence-corrected chi connectivity index (χ2v) is 8.58. The van der Waals surface area contributed by atoms with E-state index >= 15 is 0 Å². The topological polar surface area (TPSA) is 110 Å². The second-order valence-electron chi connectivity index (χ2n) is 8.58. The Hall–Kier alpha value is -4.68. The van der Waals surface area contributed by atoms with Gasteiger partial charge in [0.2, 0.25) is 11.8 Å². The molecule has 0 saturated carbocycles. The molecule has 0 spiro atoms. The number of benzene rings is 2. The number of nitrogens with one attached hydrogen (secondary N) is 2. The van der Waals surface area contributed by atoms with Gasteiger partial charge in [-0.05, 0) is 49.0 Å². The summed E-state index contributed by atoms with van der Waals surface area (Å²) in [6.07, 6.45) is 2.57. The summed E-state index contributed by atoms with van der Waals surface area (Å²) in [6.45, 7) is 7.61. The van der Waals surface area contributed by atoms with Crippen LogP contribution in [0.3, 0.4) is 0 Å². The van der Waals surface area contributed by atoms with Gasteiger partial charge in [0, 0.05) is 43.6 Å². The molecule has 3 heterocycles. The molecule has 1 aliphatic rings. The molecule has 36 heavy (non-hydrogen) atoms. The Kier molecular flexibility index (Phi) is 6.34. The van der Waals surface area contributed by atoms with Crippen molar-refractivity contribution in [3.05, 3.63) is 73.1 Å². The molecule has 2 aromatic heterocycles. The number of fused-ring (bicyclic) bond motifs is 1. The van der Waals surface area contributed by atoms with Gasteiger partial charge in [0.25, 0.3) is 0 Å². The first-order chi connectivity index (χ1) is 17.5. The van der Waals surface area contributed by atoms with Crippen LogP contribution in [0.25, 0.3) is 22.3 Å². The zero-order chi connectivity index (χ0) is 25.1. The number of aromatic nitrogens is 3. The lowest BCUT2D eigenvalue weighted by molar-refractivity contribution is -0.111. The van der Waals surface area contributed by atoms with Crippen LogP contribution in [0.1, 0.15) is 5.56 Å². The molecule has 4 aromatic rings. The van der Waals surface area contributed by atoms with Crippen molar-refractivity contribution in [1.82, 2.24) is 19.9 Å². The minimum atomic E-state index is -0.415. The zero-order valence-corrected chi connectivity index (χ0v) is 19.9. The highest BCUT2D eigenvalue weighted by atomic mass is 16.5. The third-order valence-corrected chi connectivity index (χ3v) is 6.21. The van der Waals surface area contributed by atoms with Gasteiger partial charge in [0.15, 0.2) is 0 Å². The van der Waals surface area contributed by atoms with Crippen LogP contribution in [0.15, 0.2) is 67.5 Å². The van der Waals surface area contributed by atoms with Crippen LogP contribution >= 0.6 is 0 Å². The molecule has 2 N–H and O–H groups in total. The fourth-order valence-electron chi connectivity index (χ4n) is 4.15. The largest absolute Gasteiger partial charge is 0.438 e. The first kappa shape index (κ1) is 23.1. The summed E-state index contributed by atoms with van der Waals surface area (Å²) in [7, 11) is 2.15. The molecule has 9 heteroatoms. The summed E-state index contributed by atoms with van der Waals surface area (Å²) >= 11 is 0. The molecule has 1 fully saturated rings. The Morgan fingerprint density at radius 2 is 1.92 bits per heavy atom. The number of nitriles is 1. The maximum Gasteiger partial charge on any atom is 0.247 e. The van der Waals surface area contributed by atoms with Crippen molar-refractivity contribution in [1.29, 1.82) is 5.26 Å². The SMILES string of the molecule is C=CC(=O)Nc1cc(Oc2ncnc3[nH]c(-c4ccc(N5CCN(C)CC5)cc4)cc23)ccc1C#N. The van der Waals surface area contributed by atoms with Gasteiger partial charge >= 0.3 is 0 Å². The number of likely N-dealkylation sites (N-methyl/N-ethyl adjacent to an activating group) is 1. The quantitative estimate of drug-likeness (QED) is 0.400. The number of piperazine rings is 1. The van der Waals surface area contributed by atoms with Crippen LogP contribution < -0.4 is 15.0 Å². The normalized spacial score (nSPS) is 13.8. The molecule has 180 valence electrons. The predicted molar refractivity (Wildman–Crippen MR) is 139 cm³/mol. The maximum absolute atomic E-state index is 11.7. The zero-order valence-electron chi connectivity index (χ0n) is 19.9. The molecule has 1 amide bonds. The molecule has 1 saturated heterocycles. The third-order valence-electron chi connectivity index (χ3n) is 6.21. The molecular formula is C27H25N7O2. The minimum absolute atomic E-state index is 0.314. The van der Waals surface area contributed by atoms with E-state index in [2.05, 4.69) is 74.0 Å². The van der Waals surface area contributed by atoms with E-state index in [1.54, 1.807) is 18.2 Å². The highest BCUT2D eigenvalue weighted by Crippen LogP contribution is 2.33. The van der Waals surface area contributed by atoms with Crippen molar-refractivity contribution in [3.8, 4) is 29.0 Å². The molecule has 0 bridgehead atoms. The van der Waals surface area contributed by atoms with Crippen LogP contribution in [0.5, 0.6) is 11.6 Å². The van der Waals surface area contributed by atoms with Gasteiger partial charge in [0.05, 0.1) is 16.6 Å². The van der Waals surface area contributed by atoms with Gasteiger partial charge in [-0.1, -0.05) is 18.7 Å². The van der Waals surface area contributed by atoms with Crippen molar-refractivity contribution >= 4 is 28.3 Å². The molecule has 0 radical (unpaired) electrons. The first-order valence-corrected chi connectivity index (χ1v) is 11.6. The van der Waals surface area contributed by atoms with E-state index in [1.807, 2.05) is 6.07 Å². The molecule has 0 atom stereocenters. The lowest BCUT2D eigenvalue weighted by Crippen LogP contribution is -2.44. The van der Waals surface area contributed by atoms with Crippen molar-refractivity contribution in [2.75, 3.05) is 43.4 Å². The number of carbonyl (C=O) groups is 1. The van der Waals surface area contributed by atoms with Crippen LogP contribution in [0.4, 0.5) is 11.4 Å². The number of rotatable bonds is 6. The van der Waals surface area contributed by atoms with Crippen LogP contribution in [0, 0.1) is 11.3 Å². The lowest BCUT2D eigenvalue weighted by atomic mass is 10.1. The lowest BCUT2D eigenvalue weighted by Gasteiger charge is -2.34. The van der Waals surface area contributed by atoms with Gasteiger partial charge in [0.1, 0.15) is 23.8 Å². The summed E-state index contributed by atoms with van der Waals surface area (Å²) in [6, 6.07) is 17.3. The van der Waals surface area contributed by atoms with E-state index in [-0.39, 0.29) is 0 Å². The monoisotopic (exact) mass is 479 g/mol. The maximum atomic E-state index is 11.7. The van der Waals surface area contributed by atoms with E-state index in [0.717, 1.165) is 48.9 Å². The molecule has 0 unspecified atom stereocenters. The fourth-order valence-corrected chi connectivity index (χ4v) is 4.15. The summed E-state index contributed by atoms with van der Waals surface area (Å²) in [4.78, 5) is 28.5. The Bertz CT molecular complexity index is 1460. The number of hydrogen-bond acceptors (Lipinski definition) is 7. The smallest absolute Gasteiger partial charge is 0.247 e. The van der Waals surface area contributed by atoms with Gasteiger partial charge in [-0.25, -0.2) is 9.97 Å². The van der Waals surface area contributed by atoms with Crippen molar-refractivity contribution in [3.63, 3.8) is 0 Å². The number of H-pyrrole nitrogens is 1. The number of anilines is 2. The summed E-state index contributed by atoms with van der Waals surface area (Å²) in [5.74, 6) is 0.372. The van der Waals surface area contributed by atoms with Gasteiger partial charge in [-0.2, -0.15) is 5.26 Å². The predicted octanol–water partition coefficient (Wildman–Crippen LogP) is 4.17. The van der Waals surface area contributed by atoms with Crippen molar-refractivity contribution < 1.29 is 9.53 Å². The van der Waals surface area contributed by atoms with Crippen molar-refractivity contribution in [2.24, 2.45) is 0 Å². The van der Waals surface area contributed by atoms with Gasteiger partial charge in [-0.3, -0.25) is 4.79 Å². The number of amides is 1. The second kappa shape index (κ2) is 9.90. The first-order valence-electron chi connectivity index (χ1n) is 11.6. The Morgan fingerprint density at radius 1 is 1.14 bits per heavy atom. The molecule has 2 aromatic carbocycles. The highest BCUT2D eigenvalue weighted by Gasteiger charge is 2.16. The summed E-state index contributed by atoms with van der Waals surface area (Å²) in [5.41, 5.74) is 4.44. The number of nitrogens with zero attached hydrogens (tertiary/aromatic N) is 5. The molecule has 5 rings (SSSR count). The van der Waals surface area contributed by atoms with Crippen LogP contribution in [-0.2, 0) is 4.79 Å². The minimum Gasteiger partial charge on any atom is -0.438 e. The fraction of sp³-hybridized carbons (Fsp3) is 0.185. The van der Waals surface area contributed by atoms with Gasteiger partial charge in [-0.15, -0.1) is 0 Å². The van der Waals surface area contributed by atoms with E-state index in [0.29, 0.717) is 28.5 Å². The number of hydrogen-bond donors (Lipinski definition) is 2. The summed E-state index contributed by atoms with van der Waals surface area (Å²) < 4.78 is 6.04. The number of aromatic amines is 1. The van der Waals surface area contributed by atoms with E-state index < -0.39 is 5.91 Å². The Morgan fingerprint density at radius 3 is 2.64 bits per heavy atom. The Balaban J connectivity index is 1.40. The molecular weight excluding hydrogens is 454 g/mol. The van der Waals surface area contributed by atoms with Crippen LogP contribution in [-0.4, -0.2) is 59.0 Å². The van der Waals surface area contributed by atoms with Crippen molar-refractivity contribution in [2.45, 2.75) is 0 Å². The third kappa shape index (κ3) is 4.76. The van der Waals surface area contributed by atoms with E-state index in [4.69, 9.17) is 4.74 Å².